The third kappa shape index (κ3) is 6.27. The number of amides is 2. The fourth-order valence-corrected chi connectivity index (χ4v) is 5.43. The average Bonchev–Trinajstić information content (AvgIpc) is 2.90. The van der Waals surface area contributed by atoms with Crippen molar-refractivity contribution in [2.45, 2.75) is 71.0 Å². The molecular weight excluding hydrogens is 466 g/mol. The third-order valence-corrected chi connectivity index (χ3v) is 7.56. The van der Waals surface area contributed by atoms with Crippen LogP contribution in [0.4, 0.5) is 0 Å². The lowest BCUT2D eigenvalue weighted by molar-refractivity contribution is -0.161. The molecule has 2 aromatic rings. The largest absolute Gasteiger partial charge is 0.497 e. The molecule has 0 aromatic heterocycles. The zero-order chi connectivity index (χ0) is 26.4. The van der Waals surface area contributed by atoms with E-state index in [1.54, 1.807) is 7.11 Å². The highest BCUT2D eigenvalue weighted by Gasteiger charge is 2.53. The third-order valence-electron chi connectivity index (χ3n) is 7.56. The number of methoxy groups -OCH3 is 1. The van der Waals surface area contributed by atoms with Crippen molar-refractivity contribution in [3.05, 3.63) is 54.1 Å². The Bertz CT molecular complexity index is 1040. The number of piperazine rings is 1. The first-order valence-electron chi connectivity index (χ1n) is 13.6. The van der Waals surface area contributed by atoms with Crippen LogP contribution < -0.4 is 14.8 Å². The normalized spacial score (nSPS) is 19.8. The number of carbonyl (C=O) groups is 2. The summed E-state index contributed by atoms with van der Waals surface area (Å²) in [6, 6.07) is 15.3. The SMILES string of the molecule is CCCCN1C(=O)[C@H](CC(C)C)NC(=O)C12CCN(Cc1ccc(Oc3ccc(OC)cc3)cc1)CC2. The van der Waals surface area contributed by atoms with E-state index < -0.39 is 11.6 Å². The monoisotopic (exact) mass is 507 g/mol. The van der Waals surface area contributed by atoms with Gasteiger partial charge in [0.25, 0.3) is 0 Å². The van der Waals surface area contributed by atoms with Crippen LogP contribution in [0, 0.1) is 5.92 Å². The highest BCUT2D eigenvalue weighted by molar-refractivity contribution is 6.00. The lowest BCUT2D eigenvalue weighted by atomic mass is 9.80. The number of piperidine rings is 1. The molecule has 2 aliphatic heterocycles. The molecule has 0 unspecified atom stereocenters. The van der Waals surface area contributed by atoms with Crippen LogP contribution in [-0.2, 0) is 16.1 Å². The average molecular weight is 508 g/mol. The minimum atomic E-state index is -0.716. The summed E-state index contributed by atoms with van der Waals surface area (Å²) in [7, 11) is 1.64. The van der Waals surface area contributed by atoms with Gasteiger partial charge in [-0.25, -0.2) is 0 Å². The maximum Gasteiger partial charge on any atom is 0.246 e. The first-order chi connectivity index (χ1) is 17.8. The van der Waals surface area contributed by atoms with Crippen molar-refractivity contribution in [1.82, 2.24) is 15.1 Å². The zero-order valence-electron chi connectivity index (χ0n) is 22.7. The lowest BCUT2D eigenvalue weighted by Crippen LogP contribution is -2.73. The summed E-state index contributed by atoms with van der Waals surface area (Å²) in [4.78, 5) is 31.2. The summed E-state index contributed by atoms with van der Waals surface area (Å²) < 4.78 is 11.1. The first-order valence-corrected chi connectivity index (χ1v) is 13.6. The molecule has 0 bridgehead atoms. The minimum Gasteiger partial charge on any atom is -0.497 e. The number of hydrogen-bond donors (Lipinski definition) is 1. The van der Waals surface area contributed by atoms with Crippen molar-refractivity contribution >= 4 is 11.8 Å². The number of nitrogens with zero attached hydrogens (tertiary/aromatic N) is 2. The Balaban J connectivity index is 1.37. The van der Waals surface area contributed by atoms with E-state index in [1.807, 2.05) is 41.3 Å². The molecule has 0 saturated carbocycles. The fourth-order valence-electron chi connectivity index (χ4n) is 5.43. The fraction of sp³-hybridized carbons (Fsp3) is 0.533. The Morgan fingerprint density at radius 2 is 1.57 bits per heavy atom. The molecule has 0 radical (unpaired) electrons. The van der Waals surface area contributed by atoms with Gasteiger partial charge < -0.3 is 19.7 Å². The highest BCUT2D eigenvalue weighted by Crippen LogP contribution is 2.35. The van der Waals surface area contributed by atoms with Crippen LogP contribution >= 0.6 is 0 Å². The molecule has 4 rings (SSSR count). The molecule has 7 heteroatoms. The Kier molecular flexibility index (Phi) is 8.75. The van der Waals surface area contributed by atoms with Crippen molar-refractivity contribution in [2.24, 2.45) is 5.92 Å². The zero-order valence-corrected chi connectivity index (χ0v) is 22.7. The van der Waals surface area contributed by atoms with Gasteiger partial charge in [-0.3, -0.25) is 14.5 Å². The number of ether oxygens (including phenoxy) is 2. The number of benzene rings is 2. The molecule has 2 heterocycles. The maximum atomic E-state index is 13.4. The molecule has 2 aliphatic rings. The van der Waals surface area contributed by atoms with E-state index in [9.17, 15) is 9.59 Å². The van der Waals surface area contributed by atoms with E-state index >= 15 is 0 Å². The molecule has 1 atom stereocenters. The number of rotatable bonds is 10. The number of unbranched alkanes of at least 4 members (excludes halogenated alkanes) is 1. The summed E-state index contributed by atoms with van der Waals surface area (Å²) in [5.41, 5.74) is 0.480. The standard InChI is InChI=1S/C30H41N3O4/c1-5-6-17-33-28(34)27(20-22(2)3)31-29(35)30(33)15-18-32(19-16-30)21-23-7-9-25(10-8-23)37-26-13-11-24(36-4)12-14-26/h7-14,22,27H,5-6,15-21H2,1-4H3,(H,31,35)/t27-/m0/s1. The highest BCUT2D eigenvalue weighted by atomic mass is 16.5. The van der Waals surface area contributed by atoms with Gasteiger partial charge >= 0.3 is 0 Å². The molecule has 0 aliphatic carbocycles. The molecule has 7 nitrogen and oxygen atoms in total. The van der Waals surface area contributed by atoms with Gasteiger partial charge in [0.15, 0.2) is 0 Å². The van der Waals surface area contributed by atoms with Gasteiger partial charge in [-0.15, -0.1) is 0 Å². The summed E-state index contributed by atoms with van der Waals surface area (Å²) in [5.74, 6) is 2.83. The molecule has 1 spiro atoms. The van der Waals surface area contributed by atoms with Crippen molar-refractivity contribution in [3.63, 3.8) is 0 Å². The van der Waals surface area contributed by atoms with Gasteiger partial charge in [0.2, 0.25) is 11.8 Å². The van der Waals surface area contributed by atoms with Gasteiger partial charge in [-0.1, -0.05) is 39.3 Å². The second kappa shape index (κ2) is 12.0. The quantitative estimate of drug-likeness (QED) is 0.490. The van der Waals surface area contributed by atoms with Gasteiger partial charge in [0.05, 0.1) is 7.11 Å². The molecule has 2 amide bonds. The van der Waals surface area contributed by atoms with Gasteiger partial charge in [-0.05, 0) is 73.6 Å². The van der Waals surface area contributed by atoms with Crippen LogP contribution in [0.15, 0.2) is 48.5 Å². The van der Waals surface area contributed by atoms with Crippen LogP contribution in [0.3, 0.4) is 0 Å². The topological polar surface area (TPSA) is 71.1 Å². The first kappa shape index (κ1) is 27.0. The Morgan fingerprint density at radius 3 is 2.14 bits per heavy atom. The van der Waals surface area contributed by atoms with Crippen LogP contribution in [0.25, 0.3) is 0 Å². The Morgan fingerprint density at radius 1 is 0.973 bits per heavy atom. The summed E-state index contributed by atoms with van der Waals surface area (Å²) in [6.45, 7) is 9.34. The minimum absolute atomic E-state index is 0.0357. The van der Waals surface area contributed by atoms with E-state index in [0.29, 0.717) is 31.7 Å². The van der Waals surface area contributed by atoms with Gasteiger partial charge in [-0.2, -0.15) is 0 Å². The van der Waals surface area contributed by atoms with E-state index in [-0.39, 0.29) is 11.8 Å². The van der Waals surface area contributed by atoms with Gasteiger partial charge in [0, 0.05) is 26.2 Å². The van der Waals surface area contributed by atoms with Crippen molar-refractivity contribution in [1.29, 1.82) is 0 Å². The van der Waals surface area contributed by atoms with Crippen LogP contribution in [0.5, 0.6) is 17.2 Å². The van der Waals surface area contributed by atoms with Crippen LogP contribution in [0.1, 0.15) is 58.4 Å². The summed E-state index contributed by atoms with van der Waals surface area (Å²) in [5, 5.41) is 3.09. The molecule has 37 heavy (non-hydrogen) atoms. The molecule has 200 valence electrons. The van der Waals surface area contributed by atoms with E-state index in [4.69, 9.17) is 9.47 Å². The lowest BCUT2D eigenvalue weighted by Gasteiger charge is -2.52. The summed E-state index contributed by atoms with van der Waals surface area (Å²) in [6.07, 6.45) is 3.95. The second-order valence-corrected chi connectivity index (χ2v) is 10.7. The summed E-state index contributed by atoms with van der Waals surface area (Å²) >= 11 is 0. The van der Waals surface area contributed by atoms with Crippen molar-refractivity contribution in [3.8, 4) is 17.2 Å². The number of hydrogen-bond acceptors (Lipinski definition) is 5. The Hall–Kier alpha value is -3.06. The van der Waals surface area contributed by atoms with E-state index in [0.717, 1.165) is 49.7 Å². The number of likely N-dealkylation sites (tertiary alicyclic amines) is 1. The Labute approximate surface area is 221 Å². The van der Waals surface area contributed by atoms with E-state index in [1.165, 1.54) is 5.56 Å². The van der Waals surface area contributed by atoms with Crippen molar-refractivity contribution in [2.75, 3.05) is 26.7 Å². The molecular formula is C30H41N3O4. The smallest absolute Gasteiger partial charge is 0.246 e. The van der Waals surface area contributed by atoms with Crippen molar-refractivity contribution < 1.29 is 19.1 Å². The van der Waals surface area contributed by atoms with Gasteiger partial charge in [0.1, 0.15) is 28.8 Å². The maximum absolute atomic E-state index is 13.4. The second-order valence-electron chi connectivity index (χ2n) is 10.7. The molecule has 2 saturated heterocycles. The number of carbonyl (C=O) groups excluding carboxylic acids is 2. The molecule has 2 aromatic carbocycles. The molecule has 2 fully saturated rings. The predicted octanol–water partition coefficient (Wildman–Crippen LogP) is 5.00. The molecule has 1 N–H and O–H groups in total. The predicted molar refractivity (Wildman–Crippen MR) is 145 cm³/mol. The van der Waals surface area contributed by atoms with Crippen LogP contribution in [0.2, 0.25) is 0 Å². The number of nitrogens with one attached hydrogen (secondary N) is 1. The van der Waals surface area contributed by atoms with Crippen LogP contribution in [-0.4, -0.2) is 59.9 Å². The van der Waals surface area contributed by atoms with E-state index in [2.05, 4.69) is 43.1 Å².